The van der Waals surface area contributed by atoms with Crippen LogP contribution in [0.2, 0.25) is 0 Å². The molecule has 8 nitrogen and oxygen atoms in total. The molecule has 0 aliphatic rings. The molecular formula is C49H16F8N8Pt2. The van der Waals surface area contributed by atoms with Crippen molar-refractivity contribution in [1.29, 1.82) is 10.5 Å². The summed E-state index contributed by atoms with van der Waals surface area (Å²) in [7, 11) is 0. The summed E-state index contributed by atoms with van der Waals surface area (Å²) in [6.07, 6.45) is 0. The van der Waals surface area contributed by atoms with Crippen LogP contribution < -0.4 is 0 Å². The number of hydrogen-bond acceptors (Lipinski definition) is 6. The summed E-state index contributed by atoms with van der Waals surface area (Å²) in [6, 6.07) is 31.7. The van der Waals surface area contributed by atoms with E-state index in [-0.39, 0.29) is 87.7 Å². The molecule has 0 N–H and O–H groups in total. The van der Waals surface area contributed by atoms with Crippen molar-refractivity contribution in [3.05, 3.63) is 225 Å². The van der Waals surface area contributed by atoms with Gasteiger partial charge in [-0.25, -0.2) is 0 Å². The summed E-state index contributed by atoms with van der Waals surface area (Å²) < 4.78 is 122. The molecule has 8 rings (SSSR count). The van der Waals surface area contributed by atoms with E-state index in [0.29, 0.717) is 0 Å². The van der Waals surface area contributed by atoms with Crippen molar-refractivity contribution < 1.29 is 77.3 Å². The Morgan fingerprint density at radius 2 is 0.701 bits per heavy atom. The first-order valence-electron chi connectivity index (χ1n) is 18.4. The zero-order valence-electron chi connectivity index (χ0n) is 33.0. The SMILES string of the molecule is [C-]#[N+]c1c(F)c[c-]c(-c2cccc(C(c3cccc(-c4[c-]cc(F)c(C#N)c4F)n3)(c3cccc(-c4[c-]cc(F)c(C#N)c4F)n3)c3cccc(-c4[c-]cc(F)c([N+]#[C-])c4F)n3)n2)c1F.[Pt+2].[Pt+2]. The molecule has 0 unspecified atom stereocenters. The molecular weight excluding hydrogens is 1240 g/mol. The fraction of sp³-hybridized carbons (Fsp3) is 0.0204. The molecule has 8 aromatic rings. The summed E-state index contributed by atoms with van der Waals surface area (Å²) in [5, 5.41) is 19.1. The number of halogens is 8. The molecule has 0 aliphatic carbocycles. The van der Waals surface area contributed by atoms with E-state index in [1.54, 1.807) is 0 Å². The second-order valence-corrected chi connectivity index (χ2v) is 13.6. The number of nitrogens with zero attached hydrogens (tertiary/aromatic N) is 8. The molecule has 0 fully saturated rings. The molecule has 4 aromatic carbocycles. The fourth-order valence-electron chi connectivity index (χ4n) is 7.06. The Bertz CT molecular complexity index is 3010. The molecule has 0 atom stereocenters. The van der Waals surface area contributed by atoms with Crippen molar-refractivity contribution in [2.45, 2.75) is 5.41 Å². The number of pyridine rings is 4. The Kier molecular flexibility index (Phi) is 14.4. The Balaban J connectivity index is 0.00000370. The predicted molar refractivity (Wildman–Crippen MR) is 215 cm³/mol. The van der Waals surface area contributed by atoms with Gasteiger partial charge >= 0.3 is 42.1 Å². The van der Waals surface area contributed by atoms with Gasteiger partial charge in [0.1, 0.15) is 5.41 Å². The summed E-state index contributed by atoms with van der Waals surface area (Å²) in [6.45, 7) is 14.8. The Morgan fingerprint density at radius 3 is 0.970 bits per heavy atom. The second kappa shape index (κ2) is 19.8. The Hall–Kier alpha value is -7.74. The van der Waals surface area contributed by atoms with Gasteiger partial charge in [-0.3, -0.25) is 64.7 Å². The van der Waals surface area contributed by atoms with Crippen LogP contribution in [0.4, 0.5) is 46.5 Å². The zero-order valence-corrected chi connectivity index (χ0v) is 37.5. The summed E-state index contributed by atoms with van der Waals surface area (Å²) >= 11 is 0. The minimum absolute atomic E-state index is 0. The van der Waals surface area contributed by atoms with Crippen LogP contribution in [0.15, 0.2) is 97.1 Å². The van der Waals surface area contributed by atoms with Crippen molar-refractivity contribution in [3.63, 3.8) is 0 Å². The van der Waals surface area contributed by atoms with Gasteiger partial charge in [-0.1, -0.05) is 59.7 Å². The molecule has 0 radical (unpaired) electrons. The molecule has 4 aromatic heterocycles. The van der Waals surface area contributed by atoms with Gasteiger partial charge in [0.05, 0.1) is 71.3 Å². The molecule has 328 valence electrons. The van der Waals surface area contributed by atoms with Gasteiger partial charge in [0, 0.05) is 34.4 Å². The topological polar surface area (TPSA) is 108 Å². The maximum absolute atomic E-state index is 15.9. The van der Waals surface area contributed by atoms with E-state index in [1.807, 2.05) is 0 Å². The minimum Gasteiger partial charge on any atom is -0.299 e. The van der Waals surface area contributed by atoms with E-state index in [9.17, 15) is 28.1 Å². The van der Waals surface area contributed by atoms with Gasteiger partial charge in [0.2, 0.25) is 0 Å². The van der Waals surface area contributed by atoms with Crippen LogP contribution in [0.1, 0.15) is 33.9 Å². The molecule has 0 spiro atoms. The molecule has 0 amide bonds. The summed E-state index contributed by atoms with van der Waals surface area (Å²) in [5.74, 6) is -10.2. The number of aromatic nitrogens is 4. The smallest absolute Gasteiger partial charge is 0.299 e. The monoisotopic (exact) mass is 1260 g/mol. The standard InChI is InChI=1S/C49H16F8N8.2Pt/c1-60-47-33(52)21-17-27(45(47)56)37-9-5-13-41(64-37)49(39-11-3-7-35(62-39)25-15-19-31(50)29(23-58)43(25)54,40-12-4-8-36(63-40)26-16-20-32(51)30(24-59)44(26)55)42-14-6-10-38(65-42)28-18-22-34(53)48(61-2)46(28)57;;/h3-14,19-22H;;/q-4;2*+2. The van der Waals surface area contributed by atoms with E-state index >= 15 is 17.6 Å². The van der Waals surface area contributed by atoms with Gasteiger partial charge in [0.25, 0.3) is 0 Å². The quantitative estimate of drug-likeness (QED) is 0.111. The van der Waals surface area contributed by atoms with Crippen molar-refractivity contribution in [3.8, 4) is 57.2 Å². The van der Waals surface area contributed by atoms with Crippen LogP contribution in [0, 0.1) is 107 Å². The normalized spacial score (nSPS) is 10.7. The van der Waals surface area contributed by atoms with Gasteiger partial charge in [-0.2, -0.15) is 10.5 Å². The fourth-order valence-corrected chi connectivity index (χ4v) is 7.06. The number of benzene rings is 4. The van der Waals surface area contributed by atoms with E-state index in [4.69, 9.17) is 33.1 Å². The van der Waals surface area contributed by atoms with E-state index in [1.165, 1.54) is 84.9 Å². The minimum atomic E-state index is -2.25. The van der Waals surface area contributed by atoms with Crippen LogP contribution in [0.5, 0.6) is 0 Å². The van der Waals surface area contributed by atoms with Gasteiger partial charge in [0.15, 0.2) is 11.4 Å². The van der Waals surface area contributed by atoms with E-state index < -0.39 is 96.7 Å². The molecule has 0 bridgehead atoms. The third-order valence-corrected chi connectivity index (χ3v) is 10.0. The Morgan fingerprint density at radius 1 is 0.433 bits per heavy atom. The van der Waals surface area contributed by atoms with Crippen molar-refractivity contribution in [2.24, 2.45) is 0 Å². The molecule has 67 heavy (non-hydrogen) atoms. The van der Waals surface area contributed by atoms with Gasteiger partial charge < -0.3 is 0 Å². The third-order valence-electron chi connectivity index (χ3n) is 10.0. The van der Waals surface area contributed by atoms with E-state index in [2.05, 4.69) is 34.0 Å². The molecule has 0 saturated heterocycles. The molecule has 4 heterocycles. The third kappa shape index (κ3) is 8.39. The van der Waals surface area contributed by atoms with Crippen LogP contribution in [-0.2, 0) is 47.5 Å². The molecule has 0 saturated carbocycles. The van der Waals surface area contributed by atoms with Crippen LogP contribution >= 0.6 is 0 Å². The van der Waals surface area contributed by atoms with Crippen LogP contribution in [0.25, 0.3) is 54.7 Å². The van der Waals surface area contributed by atoms with Crippen LogP contribution in [0.3, 0.4) is 0 Å². The maximum atomic E-state index is 15.9. The van der Waals surface area contributed by atoms with Crippen LogP contribution in [-0.4, -0.2) is 19.9 Å². The average molecular weight is 1260 g/mol. The summed E-state index contributed by atoms with van der Waals surface area (Å²) in [5.41, 5.74) is -9.87. The molecule has 0 aliphatic heterocycles. The van der Waals surface area contributed by atoms with E-state index in [0.717, 1.165) is 24.3 Å². The van der Waals surface area contributed by atoms with Gasteiger partial charge in [-0.05, 0) is 47.0 Å². The summed E-state index contributed by atoms with van der Waals surface area (Å²) in [4.78, 5) is 24.9. The van der Waals surface area contributed by atoms with Crippen molar-refractivity contribution in [1.82, 2.24) is 19.9 Å². The van der Waals surface area contributed by atoms with Crippen molar-refractivity contribution in [2.75, 3.05) is 0 Å². The second-order valence-electron chi connectivity index (χ2n) is 13.6. The maximum Gasteiger partial charge on any atom is 2.00 e. The number of rotatable bonds is 8. The largest absolute Gasteiger partial charge is 2.00 e. The zero-order chi connectivity index (χ0) is 46.2. The number of hydrogen-bond donors (Lipinski definition) is 0. The van der Waals surface area contributed by atoms with Gasteiger partial charge in [-0.15, -0.1) is 59.7 Å². The first-order valence-corrected chi connectivity index (χ1v) is 18.4. The Labute approximate surface area is 404 Å². The molecule has 18 heteroatoms. The van der Waals surface area contributed by atoms with Crippen molar-refractivity contribution >= 4 is 11.4 Å². The average Bonchev–Trinajstić information content (AvgIpc) is 3.30. The first kappa shape index (κ1) is 48.7. The number of nitriles is 2. The first-order chi connectivity index (χ1) is 31.4. The predicted octanol–water partition coefficient (Wildman–Crippen LogP) is 11.5.